The maximum absolute atomic E-state index is 3.94. The van der Waals surface area contributed by atoms with Crippen LogP contribution >= 0.6 is 0 Å². The minimum Gasteiger partial charge on any atom is -0.347 e. The Bertz CT molecular complexity index is 156. The fraction of sp³-hybridized carbons (Fsp3) is 0.500. The summed E-state index contributed by atoms with van der Waals surface area (Å²) < 4.78 is 0. The second kappa shape index (κ2) is 2.63. The van der Waals surface area contributed by atoms with E-state index < -0.39 is 0 Å². The maximum atomic E-state index is 3.94. The van der Waals surface area contributed by atoms with Crippen LogP contribution in [0.2, 0.25) is 12.6 Å². The van der Waals surface area contributed by atoms with Crippen LogP contribution in [0.3, 0.4) is 0 Å². The molecule has 0 atom stereocenters. The molecule has 0 amide bonds. The molecule has 1 nitrogen and oxygen atoms in total. The van der Waals surface area contributed by atoms with Gasteiger partial charge in [0, 0.05) is 0 Å². The van der Waals surface area contributed by atoms with E-state index in [0.29, 0.717) is 6.85 Å². The molecule has 0 spiro atoms. The van der Waals surface area contributed by atoms with Gasteiger partial charge in [-0.3, -0.25) is 0 Å². The molecule has 0 saturated carbocycles. The van der Waals surface area contributed by atoms with E-state index in [0.717, 1.165) is 12.6 Å². The zero-order chi connectivity index (χ0) is 7.72. The SMILES string of the molecule is C=C1CB(N(C)C)CC1=C. The fourth-order valence-electron chi connectivity index (χ4n) is 1.29. The van der Waals surface area contributed by atoms with Crippen molar-refractivity contribution in [1.82, 2.24) is 4.81 Å². The number of nitrogens with zero attached hydrogens (tertiary/aromatic N) is 1. The number of rotatable bonds is 1. The molecule has 1 saturated heterocycles. The van der Waals surface area contributed by atoms with Crippen LogP contribution in [0.25, 0.3) is 0 Å². The standard InChI is InChI=1S/C8H14BN/c1-7-5-9(10(3)4)6-8(7)2/h1-2,5-6H2,3-4H3. The lowest BCUT2D eigenvalue weighted by atomic mass is 9.59. The van der Waals surface area contributed by atoms with Gasteiger partial charge in [-0.05, 0) is 26.7 Å². The molecule has 0 aromatic rings. The Kier molecular flexibility index (Phi) is 2.00. The quantitative estimate of drug-likeness (QED) is 0.494. The van der Waals surface area contributed by atoms with Crippen LogP contribution in [0.15, 0.2) is 24.3 Å². The number of hydrogen-bond acceptors (Lipinski definition) is 1. The van der Waals surface area contributed by atoms with Crippen molar-refractivity contribution in [2.45, 2.75) is 12.6 Å². The van der Waals surface area contributed by atoms with E-state index in [9.17, 15) is 0 Å². The van der Waals surface area contributed by atoms with E-state index in [-0.39, 0.29) is 0 Å². The van der Waals surface area contributed by atoms with Gasteiger partial charge in [-0.15, -0.1) is 0 Å². The number of hydrogen-bond donors (Lipinski definition) is 0. The Hall–Kier alpha value is -0.495. The van der Waals surface area contributed by atoms with Crippen LogP contribution in [0.1, 0.15) is 0 Å². The van der Waals surface area contributed by atoms with Crippen LogP contribution in [0.4, 0.5) is 0 Å². The van der Waals surface area contributed by atoms with Gasteiger partial charge in [0.25, 0.3) is 0 Å². The lowest BCUT2D eigenvalue weighted by Crippen LogP contribution is -2.29. The third-order valence-electron chi connectivity index (χ3n) is 2.19. The Morgan fingerprint density at radius 1 is 1.20 bits per heavy atom. The Balaban J connectivity index is 2.57. The van der Waals surface area contributed by atoms with E-state index in [1.54, 1.807) is 0 Å². The van der Waals surface area contributed by atoms with Crippen molar-refractivity contribution in [3.8, 4) is 0 Å². The first-order chi connectivity index (χ1) is 4.61. The molecule has 54 valence electrons. The van der Waals surface area contributed by atoms with Gasteiger partial charge in [-0.2, -0.15) is 0 Å². The lowest BCUT2D eigenvalue weighted by Gasteiger charge is -2.13. The molecule has 0 radical (unpaired) electrons. The minimum atomic E-state index is 0.653. The molecule has 0 aromatic carbocycles. The molecule has 10 heavy (non-hydrogen) atoms. The van der Waals surface area contributed by atoms with Crippen LogP contribution in [0, 0.1) is 0 Å². The highest BCUT2D eigenvalue weighted by Crippen LogP contribution is 2.29. The summed E-state index contributed by atoms with van der Waals surface area (Å²) in [4.78, 5) is 2.24. The van der Waals surface area contributed by atoms with Gasteiger partial charge in [-0.1, -0.05) is 24.3 Å². The highest BCUT2D eigenvalue weighted by molar-refractivity contribution is 6.59. The van der Waals surface area contributed by atoms with Crippen molar-refractivity contribution in [2.75, 3.05) is 14.1 Å². The Morgan fingerprint density at radius 2 is 1.60 bits per heavy atom. The van der Waals surface area contributed by atoms with Crippen molar-refractivity contribution in [1.29, 1.82) is 0 Å². The zero-order valence-electron chi connectivity index (χ0n) is 6.85. The third kappa shape index (κ3) is 1.32. The monoisotopic (exact) mass is 135 g/mol. The molecular formula is C8H14BN. The Morgan fingerprint density at radius 3 is 1.80 bits per heavy atom. The molecule has 1 rings (SSSR count). The van der Waals surface area contributed by atoms with Crippen molar-refractivity contribution in [2.24, 2.45) is 0 Å². The molecule has 2 heteroatoms. The average Bonchev–Trinajstić information content (AvgIpc) is 2.13. The summed E-state index contributed by atoms with van der Waals surface area (Å²) in [5, 5.41) is 0. The van der Waals surface area contributed by atoms with E-state index in [1.165, 1.54) is 11.1 Å². The smallest absolute Gasteiger partial charge is 0.231 e. The van der Waals surface area contributed by atoms with Crippen molar-refractivity contribution >= 4 is 6.85 Å². The third-order valence-corrected chi connectivity index (χ3v) is 2.19. The molecule has 0 N–H and O–H groups in total. The molecular weight excluding hydrogens is 121 g/mol. The van der Waals surface area contributed by atoms with E-state index in [4.69, 9.17) is 0 Å². The largest absolute Gasteiger partial charge is 0.347 e. The molecule has 1 aliphatic heterocycles. The highest BCUT2D eigenvalue weighted by Gasteiger charge is 2.26. The summed E-state index contributed by atoms with van der Waals surface area (Å²) in [5.74, 6) is 0. The Labute approximate surface area is 63.5 Å². The molecule has 1 fully saturated rings. The molecule has 0 bridgehead atoms. The second-order valence-corrected chi connectivity index (χ2v) is 3.23. The van der Waals surface area contributed by atoms with Gasteiger partial charge >= 0.3 is 0 Å². The normalized spacial score (nSPS) is 19.3. The molecule has 1 aliphatic rings. The maximum Gasteiger partial charge on any atom is 0.231 e. The first-order valence-corrected chi connectivity index (χ1v) is 3.63. The van der Waals surface area contributed by atoms with Crippen molar-refractivity contribution in [3.05, 3.63) is 24.3 Å². The van der Waals surface area contributed by atoms with Crippen molar-refractivity contribution < 1.29 is 0 Å². The zero-order valence-corrected chi connectivity index (χ0v) is 6.85. The van der Waals surface area contributed by atoms with Crippen LogP contribution in [-0.2, 0) is 0 Å². The second-order valence-electron chi connectivity index (χ2n) is 3.23. The molecule has 1 heterocycles. The van der Waals surface area contributed by atoms with E-state index in [2.05, 4.69) is 32.1 Å². The molecule has 0 aromatic heterocycles. The van der Waals surface area contributed by atoms with Gasteiger partial charge < -0.3 is 4.81 Å². The fourth-order valence-corrected chi connectivity index (χ4v) is 1.29. The highest BCUT2D eigenvalue weighted by atomic mass is 15.0. The van der Waals surface area contributed by atoms with Crippen LogP contribution in [0.5, 0.6) is 0 Å². The lowest BCUT2D eigenvalue weighted by molar-refractivity contribution is 0.642. The number of allylic oxidation sites excluding steroid dienone is 2. The van der Waals surface area contributed by atoms with Gasteiger partial charge in [0.15, 0.2) is 0 Å². The van der Waals surface area contributed by atoms with Gasteiger partial charge in [0.2, 0.25) is 6.85 Å². The molecule has 0 unspecified atom stereocenters. The van der Waals surface area contributed by atoms with Crippen LogP contribution < -0.4 is 0 Å². The van der Waals surface area contributed by atoms with Crippen molar-refractivity contribution in [3.63, 3.8) is 0 Å². The van der Waals surface area contributed by atoms with Gasteiger partial charge in [0.1, 0.15) is 0 Å². The predicted octanol–water partition coefficient (Wildman–Crippen LogP) is 1.67. The molecule has 0 aliphatic carbocycles. The minimum absolute atomic E-state index is 0.653. The predicted molar refractivity (Wildman–Crippen MR) is 47.3 cm³/mol. The average molecular weight is 135 g/mol. The van der Waals surface area contributed by atoms with E-state index in [1.807, 2.05) is 0 Å². The van der Waals surface area contributed by atoms with E-state index >= 15 is 0 Å². The van der Waals surface area contributed by atoms with Gasteiger partial charge in [0.05, 0.1) is 0 Å². The first-order valence-electron chi connectivity index (χ1n) is 3.63. The summed E-state index contributed by atoms with van der Waals surface area (Å²) in [5.41, 5.74) is 2.47. The summed E-state index contributed by atoms with van der Waals surface area (Å²) in [7, 11) is 4.22. The van der Waals surface area contributed by atoms with Gasteiger partial charge in [-0.25, -0.2) is 0 Å². The first kappa shape index (κ1) is 7.61. The summed E-state index contributed by atoms with van der Waals surface area (Å²) >= 11 is 0. The van der Waals surface area contributed by atoms with Crippen LogP contribution in [-0.4, -0.2) is 25.8 Å². The summed E-state index contributed by atoms with van der Waals surface area (Å²) in [6.07, 6.45) is 2.21. The summed E-state index contributed by atoms with van der Waals surface area (Å²) in [6, 6.07) is 0. The summed E-state index contributed by atoms with van der Waals surface area (Å²) in [6.45, 7) is 8.54. The topological polar surface area (TPSA) is 3.24 Å².